The molecule has 1 saturated carbocycles. The van der Waals surface area contributed by atoms with Crippen molar-refractivity contribution in [3.05, 3.63) is 29.1 Å². The first-order chi connectivity index (χ1) is 9.67. The Hall–Kier alpha value is -2.18. The van der Waals surface area contributed by atoms with Crippen LogP contribution in [0.3, 0.4) is 0 Å². The molecule has 2 heterocycles. The molecule has 0 unspecified atom stereocenters. The molecule has 0 bridgehead atoms. The van der Waals surface area contributed by atoms with Crippen LogP contribution in [0.15, 0.2) is 6.20 Å². The SMILES string of the molecule is CCc1nn(C)cc1CNC(=O)c1n[nH]c(C2CC2)n1. The average molecular weight is 274 g/mol. The molecule has 7 nitrogen and oxygen atoms in total. The fourth-order valence-electron chi connectivity index (χ4n) is 2.20. The van der Waals surface area contributed by atoms with Crippen LogP contribution >= 0.6 is 0 Å². The number of hydrogen-bond donors (Lipinski definition) is 2. The van der Waals surface area contributed by atoms with E-state index >= 15 is 0 Å². The van der Waals surface area contributed by atoms with E-state index in [4.69, 9.17) is 0 Å². The van der Waals surface area contributed by atoms with Crippen LogP contribution < -0.4 is 5.32 Å². The van der Waals surface area contributed by atoms with Gasteiger partial charge in [-0.3, -0.25) is 14.6 Å². The lowest BCUT2D eigenvalue weighted by atomic mass is 10.2. The third-order valence-corrected chi connectivity index (χ3v) is 3.44. The number of hydrogen-bond acceptors (Lipinski definition) is 4. The minimum Gasteiger partial charge on any atom is -0.345 e. The summed E-state index contributed by atoms with van der Waals surface area (Å²) in [6.45, 7) is 2.49. The van der Waals surface area contributed by atoms with Gasteiger partial charge in [-0.15, -0.1) is 5.10 Å². The van der Waals surface area contributed by atoms with Crippen molar-refractivity contribution in [3.63, 3.8) is 0 Å². The summed E-state index contributed by atoms with van der Waals surface area (Å²) in [7, 11) is 1.88. The fourth-order valence-corrected chi connectivity index (χ4v) is 2.20. The highest BCUT2D eigenvalue weighted by atomic mass is 16.2. The van der Waals surface area contributed by atoms with E-state index in [9.17, 15) is 4.79 Å². The summed E-state index contributed by atoms with van der Waals surface area (Å²) in [5.41, 5.74) is 2.03. The first-order valence-electron chi connectivity index (χ1n) is 6.89. The van der Waals surface area contributed by atoms with Gasteiger partial charge in [-0.05, 0) is 19.3 Å². The summed E-state index contributed by atoms with van der Waals surface area (Å²) in [6.07, 6.45) is 5.03. The van der Waals surface area contributed by atoms with Gasteiger partial charge < -0.3 is 5.32 Å². The number of aromatic nitrogens is 5. The van der Waals surface area contributed by atoms with Crippen molar-refractivity contribution in [1.82, 2.24) is 30.3 Å². The van der Waals surface area contributed by atoms with Crippen molar-refractivity contribution in [1.29, 1.82) is 0 Å². The Labute approximate surface area is 116 Å². The maximum atomic E-state index is 12.0. The van der Waals surface area contributed by atoms with E-state index in [0.717, 1.165) is 36.3 Å². The minimum atomic E-state index is -0.251. The Balaban J connectivity index is 1.63. The number of aromatic amines is 1. The lowest BCUT2D eigenvalue weighted by Crippen LogP contribution is -2.24. The molecule has 1 aliphatic carbocycles. The Morgan fingerprint density at radius 2 is 2.35 bits per heavy atom. The van der Waals surface area contributed by atoms with Gasteiger partial charge in [0.05, 0.1) is 5.69 Å². The van der Waals surface area contributed by atoms with Gasteiger partial charge >= 0.3 is 0 Å². The summed E-state index contributed by atoms with van der Waals surface area (Å²) < 4.78 is 1.76. The molecule has 0 atom stereocenters. The summed E-state index contributed by atoms with van der Waals surface area (Å²) in [5.74, 6) is 1.26. The number of rotatable bonds is 5. The smallest absolute Gasteiger partial charge is 0.291 e. The largest absolute Gasteiger partial charge is 0.345 e. The second-order valence-electron chi connectivity index (χ2n) is 5.13. The van der Waals surface area contributed by atoms with Gasteiger partial charge in [0.1, 0.15) is 5.82 Å². The molecule has 20 heavy (non-hydrogen) atoms. The van der Waals surface area contributed by atoms with Crippen molar-refractivity contribution in [2.45, 2.75) is 38.6 Å². The standard InChI is InChI=1S/C13H18N6O/c1-3-10-9(7-19(2)18-10)6-14-13(20)12-15-11(16-17-12)8-4-5-8/h7-8H,3-6H2,1-2H3,(H,14,20)(H,15,16,17). The van der Waals surface area contributed by atoms with Crippen molar-refractivity contribution in [2.75, 3.05) is 0 Å². The summed E-state index contributed by atoms with van der Waals surface area (Å²) in [4.78, 5) is 16.2. The molecule has 1 amide bonds. The van der Waals surface area contributed by atoms with E-state index in [-0.39, 0.29) is 11.7 Å². The zero-order chi connectivity index (χ0) is 14.1. The number of nitrogens with one attached hydrogen (secondary N) is 2. The van der Waals surface area contributed by atoms with Crippen LogP contribution in [-0.4, -0.2) is 30.9 Å². The zero-order valence-electron chi connectivity index (χ0n) is 11.7. The lowest BCUT2D eigenvalue weighted by Gasteiger charge is -2.01. The van der Waals surface area contributed by atoms with Crippen LogP contribution in [0.2, 0.25) is 0 Å². The molecule has 7 heteroatoms. The van der Waals surface area contributed by atoms with Gasteiger partial charge in [0, 0.05) is 31.3 Å². The molecule has 1 aliphatic rings. The van der Waals surface area contributed by atoms with Crippen molar-refractivity contribution < 1.29 is 4.79 Å². The molecule has 1 fully saturated rings. The molecule has 106 valence electrons. The number of aryl methyl sites for hydroxylation is 2. The van der Waals surface area contributed by atoms with Crippen LogP contribution in [0, 0.1) is 0 Å². The topological polar surface area (TPSA) is 88.5 Å². The molecular weight excluding hydrogens is 256 g/mol. The van der Waals surface area contributed by atoms with E-state index in [2.05, 4.69) is 25.6 Å². The third kappa shape index (κ3) is 2.56. The van der Waals surface area contributed by atoms with Crippen LogP contribution in [0.25, 0.3) is 0 Å². The first-order valence-corrected chi connectivity index (χ1v) is 6.89. The predicted molar refractivity (Wildman–Crippen MR) is 72.1 cm³/mol. The molecule has 2 aromatic rings. The number of carbonyl (C=O) groups excluding carboxylic acids is 1. The van der Waals surface area contributed by atoms with E-state index in [1.807, 2.05) is 20.2 Å². The second-order valence-corrected chi connectivity index (χ2v) is 5.13. The van der Waals surface area contributed by atoms with Crippen LogP contribution in [0.4, 0.5) is 0 Å². The number of amides is 1. The van der Waals surface area contributed by atoms with Crippen LogP contribution in [-0.2, 0) is 20.0 Å². The third-order valence-electron chi connectivity index (χ3n) is 3.44. The van der Waals surface area contributed by atoms with Crippen LogP contribution in [0.1, 0.15) is 53.4 Å². The molecule has 0 aromatic carbocycles. The van der Waals surface area contributed by atoms with Gasteiger partial charge in [-0.2, -0.15) is 5.10 Å². The van der Waals surface area contributed by atoms with Gasteiger partial charge in [0.15, 0.2) is 0 Å². The Morgan fingerprint density at radius 1 is 1.55 bits per heavy atom. The molecule has 2 N–H and O–H groups in total. The van der Waals surface area contributed by atoms with Crippen molar-refractivity contribution in [3.8, 4) is 0 Å². The Kier molecular flexibility index (Phi) is 3.25. The zero-order valence-corrected chi connectivity index (χ0v) is 11.7. The Bertz CT molecular complexity index is 625. The van der Waals surface area contributed by atoms with Gasteiger partial charge in [0.25, 0.3) is 5.91 Å². The minimum absolute atomic E-state index is 0.217. The van der Waals surface area contributed by atoms with Crippen molar-refractivity contribution in [2.24, 2.45) is 7.05 Å². The monoisotopic (exact) mass is 274 g/mol. The summed E-state index contributed by atoms with van der Waals surface area (Å²) in [5, 5.41) is 14.0. The normalized spacial score (nSPS) is 14.5. The van der Waals surface area contributed by atoms with Gasteiger partial charge in [0.2, 0.25) is 5.82 Å². The number of H-pyrrole nitrogens is 1. The maximum Gasteiger partial charge on any atom is 0.291 e. The second kappa shape index (κ2) is 5.07. The molecule has 0 aliphatic heterocycles. The van der Waals surface area contributed by atoms with Crippen molar-refractivity contribution >= 4 is 5.91 Å². The van der Waals surface area contributed by atoms with Crippen LogP contribution in [0.5, 0.6) is 0 Å². The van der Waals surface area contributed by atoms with E-state index in [0.29, 0.717) is 12.5 Å². The summed E-state index contributed by atoms with van der Waals surface area (Å²) in [6, 6.07) is 0. The van der Waals surface area contributed by atoms with Gasteiger partial charge in [-0.25, -0.2) is 4.98 Å². The van der Waals surface area contributed by atoms with E-state index < -0.39 is 0 Å². The average Bonchev–Trinajstić information content (AvgIpc) is 3.05. The fraction of sp³-hybridized carbons (Fsp3) is 0.538. The quantitative estimate of drug-likeness (QED) is 0.848. The molecule has 2 aromatic heterocycles. The molecule has 3 rings (SSSR count). The first kappa shape index (κ1) is 12.8. The molecule has 0 spiro atoms. The molecule has 0 saturated heterocycles. The van der Waals surface area contributed by atoms with E-state index in [1.165, 1.54) is 0 Å². The highest BCUT2D eigenvalue weighted by molar-refractivity contribution is 5.90. The molecule has 0 radical (unpaired) electrons. The highest BCUT2D eigenvalue weighted by Gasteiger charge is 2.28. The van der Waals surface area contributed by atoms with E-state index in [1.54, 1.807) is 4.68 Å². The highest BCUT2D eigenvalue weighted by Crippen LogP contribution is 2.37. The number of nitrogens with zero attached hydrogens (tertiary/aromatic N) is 4. The lowest BCUT2D eigenvalue weighted by molar-refractivity contribution is 0.0941. The molecular formula is C13H18N6O. The van der Waals surface area contributed by atoms with Gasteiger partial charge in [-0.1, -0.05) is 6.92 Å². The maximum absolute atomic E-state index is 12.0. The predicted octanol–water partition coefficient (Wildman–Crippen LogP) is 0.908. The Morgan fingerprint density at radius 3 is 3.05 bits per heavy atom. The number of carbonyl (C=O) groups is 1. The summed E-state index contributed by atoms with van der Waals surface area (Å²) >= 11 is 0.